The Morgan fingerprint density at radius 3 is 3.19 bits per heavy atom. The zero-order valence-corrected chi connectivity index (χ0v) is 10.3. The number of rotatable bonds is 0. The fourth-order valence-corrected chi connectivity index (χ4v) is 3.34. The Kier molecular flexibility index (Phi) is 1.67. The van der Waals surface area contributed by atoms with Gasteiger partial charge >= 0.3 is 0 Å². The molecule has 2 unspecified atom stereocenters. The molecule has 2 bridgehead atoms. The Balaban J connectivity index is 1.86. The minimum Gasteiger partial charge on any atom is -0.349 e. The number of hydrogen-bond acceptors (Lipinski definition) is 2. The van der Waals surface area contributed by atoms with Crippen LogP contribution in [0.25, 0.3) is 0 Å². The van der Waals surface area contributed by atoms with E-state index in [1.54, 1.807) is 0 Å². The second kappa shape index (κ2) is 2.98. The largest absolute Gasteiger partial charge is 0.349 e. The second-order valence-electron chi connectivity index (χ2n) is 4.67. The van der Waals surface area contributed by atoms with E-state index in [2.05, 4.69) is 51.2 Å². The first-order chi connectivity index (χ1) is 7.81. The molecule has 2 aliphatic heterocycles. The van der Waals surface area contributed by atoms with Crippen LogP contribution in [0.15, 0.2) is 39.8 Å². The molecule has 3 heteroatoms. The zero-order chi connectivity index (χ0) is 10.7. The molecular weight excluding hydrogens is 264 g/mol. The lowest BCUT2D eigenvalue weighted by atomic mass is 10.1. The van der Waals surface area contributed by atoms with E-state index < -0.39 is 0 Å². The third-order valence-electron chi connectivity index (χ3n) is 3.70. The summed E-state index contributed by atoms with van der Waals surface area (Å²) in [5.74, 6) is 1.85. The van der Waals surface area contributed by atoms with E-state index in [1.165, 1.54) is 17.8 Å². The maximum absolute atomic E-state index is 4.80. The van der Waals surface area contributed by atoms with Gasteiger partial charge in [0.2, 0.25) is 0 Å². The van der Waals surface area contributed by atoms with Crippen molar-refractivity contribution in [2.45, 2.75) is 19.0 Å². The van der Waals surface area contributed by atoms with Gasteiger partial charge in [0.1, 0.15) is 5.84 Å². The molecule has 1 aliphatic carbocycles. The van der Waals surface area contributed by atoms with Crippen LogP contribution in [0.2, 0.25) is 0 Å². The van der Waals surface area contributed by atoms with Crippen molar-refractivity contribution in [1.29, 1.82) is 0 Å². The second-order valence-corrected chi connectivity index (χ2v) is 5.58. The molecule has 2 heterocycles. The summed E-state index contributed by atoms with van der Waals surface area (Å²) in [4.78, 5) is 7.25. The van der Waals surface area contributed by atoms with Gasteiger partial charge in [0, 0.05) is 23.0 Å². The number of fused-ring (bicyclic) bond motifs is 6. The summed E-state index contributed by atoms with van der Waals surface area (Å²) in [6.45, 7) is 1.01. The van der Waals surface area contributed by atoms with E-state index in [4.69, 9.17) is 4.99 Å². The molecule has 0 amide bonds. The first-order valence-electron chi connectivity index (χ1n) is 5.63. The Bertz CT molecular complexity index is 533. The summed E-state index contributed by atoms with van der Waals surface area (Å²) in [6, 6.07) is 6.96. The average Bonchev–Trinajstić information content (AvgIpc) is 2.87. The molecule has 0 saturated carbocycles. The molecule has 1 saturated heterocycles. The van der Waals surface area contributed by atoms with Gasteiger partial charge in [0.25, 0.3) is 0 Å². The maximum atomic E-state index is 4.80. The van der Waals surface area contributed by atoms with Crippen LogP contribution in [0.4, 0.5) is 5.69 Å². The molecule has 16 heavy (non-hydrogen) atoms. The van der Waals surface area contributed by atoms with Crippen LogP contribution < -0.4 is 0 Å². The summed E-state index contributed by atoms with van der Waals surface area (Å²) in [7, 11) is 0. The molecule has 1 aromatic rings. The summed E-state index contributed by atoms with van der Waals surface area (Å²) in [6.07, 6.45) is 5.87. The van der Waals surface area contributed by atoms with Gasteiger partial charge in [-0.05, 0) is 30.2 Å². The van der Waals surface area contributed by atoms with Gasteiger partial charge in [-0.2, -0.15) is 0 Å². The molecule has 80 valence electrons. The highest BCUT2D eigenvalue weighted by atomic mass is 79.9. The number of amidine groups is 1. The van der Waals surface area contributed by atoms with E-state index in [0.29, 0.717) is 12.0 Å². The van der Waals surface area contributed by atoms with E-state index >= 15 is 0 Å². The van der Waals surface area contributed by atoms with Crippen LogP contribution in [0, 0.1) is 5.92 Å². The average molecular weight is 275 g/mol. The normalized spacial score (nSPS) is 29.1. The molecule has 0 radical (unpaired) electrons. The minimum absolute atomic E-state index is 0.571. The lowest BCUT2D eigenvalue weighted by molar-refractivity contribution is 0.377. The van der Waals surface area contributed by atoms with Crippen molar-refractivity contribution >= 4 is 27.5 Å². The highest BCUT2D eigenvalue weighted by Crippen LogP contribution is 2.40. The van der Waals surface area contributed by atoms with Gasteiger partial charge < -0.3 is 4.90 Å². The van der Waals surface area contributed by atoms with Gasteiger partial charge in [-0.25, -0.2) is 4.99 Å². The number of nitrogens with zero attached hydrogens (tertiary/aromatic N) is 2. The fourth-order valence-electron chi connectivity index (χ4n) is 2.93. The zero-order valence-electron chi connectivity index (χ0n) is 8.73. The van der Waals surface area contributed by atoms with Crippen LogP contribution in [0.1, 0.15) is 12.0 Å². The Hall–Kier alpha value is -1.09. The highest BCUT2D eigenvalue weighted by molar-refractivity contribution is 9.10. The van der Waals surface area contributed by atoms with Gasteiger partial charge in [-0.15, -0.1) is 0 Å². The Morgan fingerprint density at radius 1 is 1.31 bits per heavy atom. The van der Waals surface area contributed by atoms with Crippen LogP contribution in [0.5, 0.6) is 0 Å². The van der Waals surface area contributed by atoms with E-state index in [9.17, 15) is 0 Å². The number of hydrogen-bond donors (Lipinski definition) is 0. The Morgan fingerprint density at radius 2 is 2.25 bits per heavy atom. The maximum Gasteiger partial charge on any atom is 0.113 e. The summed E-state index contributed by atoms with van der Waals surface area (Å²) >= 11 is 3.52. The molecule has 2 atom stereocenters. The highest BCUT2D eigenvalue weighted by Gasteiger charge is 2.40. The topological polar surface area (TPSA) is 15.6 Å². The summed E-state index contributed by atoms with van der Waals surface area (Å²) in [5.41, 5.74) is 2.48. The van der Waals surface area contributed by atoms with Crippen molar-refractivity contribution in [1.82, 2.24) is 4.90 Å². The Labute approximate surface area is 103 Å². The SMILES string of the molecule is Brc1ccc2c(c1)CN1C(=N2)C2C=CC1C2. The lowest BCUT2D eigenvalue weighted by Crippen LogP contribution is -2.36. The predicted octanol–water partition coefficient (Wildman–Crippen LogP) is 3.25. The van der Waals surface area contributed by atoms with E-state index in [1.807, 2.05) is 0 Å². The molecule has 4 rings (SSSR count). The summed E-state index contributed by atoms with van der Waals surface area (Å²) in [5, 5.41) is 0. The predicted molar refractivity (Wildman–Crippen MR) is 67.8 cm³/mol. The number of aliphatic imine (C=N–C) groups is 1. The molecular formula is C13H11BrN2. The quantitative estimate of drug-likeness (QED) is 0.663. The van der Waals surface area contributed by atoms with Crippen molar-refractivity contribution in [3.63, 3.8) is 0 Å². The molecule has 0 spiro atoms. The van der Waals surface area contributed by atoms with E-state index in [-0.39, 0.29) is 0 Å². The molecule has 1 fully saturated rings. The van der Waals surface area contributed by atoms with Crippen LogP contribution in [-0.2, 0) is 6.54 Å². The molecule has 2 nitrogen and oxygen atoms in total. The van der Waals surface area contributed by atoms with Gasteiger partial charge in [0.05, 0.1) is 5.69 Å². The number of benzene rings is 1. The molecule has 0 aromatic heterocycles. The molecule has 3 aliphatic rings. The monoisotopic (exact) mass is 274 g/mol. The smallest absolute Gasteiger partial charge is 0.113 e. The minimum atomic E-state index is 0.571. The van der Waals surface area contributed by atoms with Gasteiger partial charge in [-0.1, -0.05) is 28.1 Å². The van der Waals surface area contributed by atoms with Crippen molar-refractivity contribution in [3.8, 4) is 0 Å². The standard InChI is InChI=1S/C13H11BrN2/c14-10-2-4-12-9(5-10)7-16-11-3-1-8(6-11)13(16)15-12/h1-5,8,11H,6-7H2. The van der Waals surface area contributed by atoms with Crippen LogP contribution >= 0.6 is 15.9 Å². The van der Waals surface area contributed by atoms with Crippen molar-refractivity contribution in [2.24, 2.45) is 10.9 Å². The first-order valence-corrected chi connectivity index (χ1v) is 6.42. The first kappa shape index (κ1) is 8.99. The molecule has 0 N–H and O–H groups in total. The van der Waals surface area contributed by atoms with Crippen molar-refractivity contribution in [2.75, 3.05) is 0 Å². The lowest BCUT2D eigenvalue weighted by Gasteiger charge is -2.31. The van der Waals surface area contributed by atoms with Gasteiger partial charge in [-0.3, -0.25) is 0 Å². The number of halogens is 1. The third kappa shape index (κ3) is 1.09. The van der Waals surface area contributed by atoms with Gasteiger partial charge in [0.15, 0.2) is 0 Å². The van der Waals surface area contributed by atoms with Crippen molar-refractivity contribution in [3.05, 3.63) is 40.4 Å². The van der Waals surface area contributed by atoms with Crippen molar-refractivity contribution < 1.29 is 0 Å². The fraction of sp³-hybridized carbons (Fsp3) is 0.308. The van der Waals surface area contributed by atoms with Crippen LogP contribution in [-0.4, -0.2) is 16.8 Å². The van der Waals surface area contributed by atoms with Crippen LogP contribution in [0.3, 0.4) is 0 Å². The van der Waals surface area contributed by atoms with E-state index in [0.717, 1.165) is 16.7 Å². The summed E-state index contributed by atoms with van der Waals surface area (Å²) < 4.78 is 1.14. The third-order valence-corrected chi connectivity index (χ3v) is 4.20. The molecule has 1 aromatic carbocycles.